The number of hydrogen-bond acceptors (Lipinski definition) is 6. The largest absolute Gasteiger partial charge is 0.330 e. The van der Waals surface area contributed by atoms with E-state index < -0.39 is 0 Å². The molecule has 1 aliphatic heterocycles. The van der Waals surface area contributed by atoms with Crippen molar-refractivity contribution in [2.45, 2.75) is 24.0 Å². The second kappa shape index (κ2) is 8.98. The molecule has 3 aromatic heterocycles. The molecule has 158 valence electrons. The minimum Gasteiger partial charge on any atom is -0.330 e. The lowest BCUT2D eigenvalue weighted by Gasteiger charge is -2.35. The van der Waals surface area contributed by atoms with Crippen molar-refractivity contribution in [1.29, 1.82) is 0 Å². The molecule has 0 saturated heterocycles. The smallest absolute Gasteiger partial charge is 0.233 e. The summed E-state index contributed by atoms with van der Waals surface area (Å²) in [6.45, 7) is 0.757. The molecular weight excluding hydrogens is 444 g/mol. The summed E-state index contributed by atoms with van der Waals surface area (Å²) in [5, 5.41) is 13.7. The third-order valence-electron chi connectivity index (χ3n) is 5.55. The van der Waals surface area contributed by atoms with Gasteiger partial charge in [0, 0.05) is 29.8 Å². The Morgan fingerprint density at radius 3 is 2.77 bits per heavy atom. The fourth-order valence-corrected chi connectivity index (χ4v) is 6.53. The topological polar surface area (TPSA) is 51.0 Å². The molecule has 0 spiro atoms. The lowest BCUT2D eigenvalue weighted by atomic mass is 9.98. The molecule has 0 N–H and O–H groups in total. The molecule has 1 aromatic carbocycles. The van der Waals surface area contributed by atoms with Crippen LogP contribution >= 0.6 is 34.4 Å². The van der Waals surface area contributed by atoms with Gasteiger partial charge in [0.05, 0.1) is 11.8 Å². The predicted octanol–water partition coefficient (Wildman–Crippen LogP) is 4.80. The van der Waals surface area contributed by atoms with Gasteiger partial charge in [0.1, 0.15) is 5.82 Å². The van der Waals surface area contributed by atoms with Crippen LogP contribution in [0.1, 0.15) is 32.7 Å². The van der Waals surface area contributed by atoms with E-state index in [2.05, 4.69) is 51.3 Å². The number of nitrogens with zero attached hydrogens (tertiary/aromatic N) is 4. The molecule has 5 rings (SSSR count). The fraction of sp³-hybridized carbons (Fsp3) is 0.261. The zero-order valence-corrected chi connectivity index (χ0v) is 19.6. The minimum atomic E-state index is 0.0243. The number of fused-ring (bicyclic) bond motifs is 1. The van der Waals surface area contributed by atoms with E-state index in [1.807, 2.05) is 34.7 Å². The van der Waals surface area contributed by atoms with Crippen LogP contribution in [-0.4, -0.2) is 37.9 Å². The molecule has 4 aromatic rings. The first-order chi connectivity index (χ1) is 15.2. The van der Waals surface area contributed by atoms with Gasteiger partial charge in [0.25, 0.3) is 0 Å². The Labute approximate surface area is 193 Å². The Hall–Kier alpha value is -2.42. The molecule has 8 heteroatoms. The zero-order valence-electron chi connectivity index (χ0n) is 17.1. The predicted molar refractivity (Wildman–Crippen MR) is 127 cm³/mol. The van der Waals surface area contributed by atoms with Gasteiger partial charge in [-0.05, 0) is 40.4 Å². The maximum absolute atomic E-state index is 13.3. The highest BCUT2D eigenvalue weighted by Crippen LogP contribution is 2.39. The van der Waals surface area contributed by atoms with E-state index in [1.165, 1.54) is 32.6 Å². The van der Waals surface area contributed by atoms with Crippen molar-refractivity contribution in [3.63, 3.8) is 0 Å². The Morgan fingerprint density at radius 2 is 1.97 bits per heavy atom. The molecule has 0 aliphatic carbocycles. The van der Waals surface area contributed by atoms with Crippen LogP contribution in [0.5, 0.6) is 0 Å². The Kier molecular flexibility index (Phi) is 5.93. The summed E-state index contributed by atoms with van der Waals surface area (Å²) in [7, 11) is 1.97. The van der Waals surface area contributed by atoms with Crippen molar-refractivity contribution < 1.29 is 4.79 Å². The standard InChI is InChI=1S/C23H22N4OS3/c1-26-20(14-16-6-3-2-4-7-16)24-25-23(26)31-15-21(28)27-11-9-18-17(10-13-30-18)22(27)19-8-5-12-29-19/h2-8,10,12-13,22H,9,11,14-15H2,1H3. The average Bonchev–Trinajstić information content (AvgIpc) is 3.55. The maximum atomic E-state index is 13.3. The van der Waals surface area contributed by atoms with Crippen molar-refractivity contribution in [1.82, 2.24) is 19.7 Å². The van der Waals surface area contributed by atoms with Crippen LogP contribution in [0.2, 0.25) is 0 Å². The van der Waals surface area contributed by atoms with E-state index in [-0.39, 0.29) is 11.9 Å². The summed E-state index contributed by atoms with van der Waals surface area (Å²) in [6, 6.07) is 16.6. The van der Waals surface area contributed by atoms with E-state index in [1.54, 1.807) is 22.7 Å². The van der Waals surface area contributed by atoms with Gasteiger partial charge >= 0.3 is 0 Å². The quantitative estimate of drug-likeness (QED) is 0.383. The molecule has 31 heavy (non-hydrogen) atoms. The Morgan fingerprint density at radius 1 is 1.10 bits per heavy atom. The number of hydrogen-bond donors (Lipinski definition) is 0. The van der Waals surface area contributed by atoms with Gasteiger partial charge in [-0.15, -0.1) is 32.9 Å². The number of amides is 1. The first-order valence-electron chi connectivity index (χ1n) is 10.1. The highest BCUT2D eigenvalue weighted by molar-refractivity contribution is 7.99. The number of thiophene rings is 2. The van der Waals surface area contributed by atoms with Gasteiger partial charge in [-0.1, -0.05) is 48.2 Å². The third kappa shape index (κ3) is 4.20. The Balaban J connectivity index is 1.29. The van der Waals surface area contributed by atoms with Gasteiger partial charge < -0.3 is 9.47 Å². The van der Waals surface area contributed by atoms with Crippen LogP contribution in [0, 0.1) is 0 Å². The van der Waals surface area contributed by atoms with Crippen LogP contribution in [0.25, 0.3) is 0 Å². The van der Waals surface area contributed by atoms with Crippen molar-refractivity contribution in [3.8, 4) is 0 Å². The minimum absolute atomic E-state index is 0.0243. The summed E-state index contributed by atoms with van der Waals surface area (Å²) in [5.41, 5.74) is 2.48. The third-order valence-corrected chi connectivity index (χ3v) is 8.48. The number of benzene rings is 1. The molecule has 0 bridgehead atoms. The molecule has 1 amide bonds. The monoisotopic (exact) mass is 466 g/mol. The summed E-state index contributed by atoms with van der Waals surface area (Å²) in [5.74, 6) is 1.41. The fourth-order valence-electron chi connectivity index (χ4n) is 3.95. The number of carbonyl (C=O) groups is 1. The number of carbonyl (C=O) groups excluding carboxylic acids is 1. The first kappa shape index (κ1) is 20.5. The SMILES string of the molecule is Cn1c(Cc2ccccc2)nnc1SCC(=O)N1CCc2sccc2C1c1cccs1. The molecule has 0 fully saturated rings. The van der Waals surface area contributed by atoms with E-state index >= 15 is 0 Å². The summed E-state index contributed by atoms with van der Waals surface area (Å²) >= 11 is 4.98. The molecule has 1 aliphatic rings. The molecular formula is C23H22N4OS3. The summed E-state index contributed by atoms with van der Waals surface area (Å²) < 4.78 is 1.99. The van der Waals surface area contributed by atoms with Crippen LogP contribution in [0.3, 0.4) is 0 Å². The van der Waals surface area contributed by atoms with Gasteiger partial charge in [-0.2, -0.15) is 0 Å². The van der Waals surface area contributed by atoms with Crippen molar-refractivity contribution >= 4 is 40.3 Å². The summed E-state index contributed by atoms with van der Waals surface area (Å²) in [6.07, 6.45) is 1.66. The van der Waals surface area contributed by atoms with Gasteiger partial charge in [0.15, 0.2) is 5.16 Å². The summed E-state index contributed by atoms with van der Waals surface area (Å²) in [4.78, 5) is 17.9. The van der Waals surface area contributed by atoms with Crippen LogP contribution in [-0.2, 0) is 24.7 Å². The molecule has 5 nitrogen and oxygen atoms in total. The van der Waals surface area contributed by atoms with E-state index in [9.17, 15) is 4.79 Å². The van der Waals surface area contributed by atoms with Crippen LogP contribution < -0.4 is 0 Å². The number of rotatable bonds is 6. The number of thioether (sulfide) groups is 1. The van der Waals surface area contributed by atoms with Crippen molar-refractivity contribution in [2.24, 2.45) is 7.05 Å². The molecule has 1 atom stereocenters. The number of aromatic nitrogens is 3. The van der Waals surface area contributed by atoms with E-state index in [0.29, 0.717) is 5.75 Å². The molecule has 1 unspecified atom stereocenters. The van der Waals surface area contributed by atoms with Gasteiger partial charge in [-0.3, -0.25) is 4.79 Å². The average molecular weight is 467 g/mol. The van der Waals surface area contributed by atoms with Gasteiger partial charge in [0.2, 0.25) is 5.91 Å². The zero-order chi connectivity index (χ0) is 21.2. The van der Waals surface area contributed by atoms with Crippen LogP contribution in [0.15, 0.2) is 64.4 Å². The van der Waals surface area contributed by atoms with Crippen molar-refractivity contribution in [2.75, 3.05) is 12.3 Å². The molecule has 4 heterocycles. The first-order valence-corrected chi connectivity index (χ1v) is 12.9. The highest BCUT2D eigenvalue weighted by Gasteiger charge is 2.33. The highest BCUT2D eigenvalue weighted by atomic mass is 32.2. The van der Waals surface area contributed by atoms with E-state index in [4.69, 9.17) is 0 Å². The second-order valence-electron chi connectivity index (χ2n) is 7.46. The van der Waals surface area contributed by atoms with E-state index in [0.717, 1.165) is 30.4 Å². The normalized spacial score (nSPS) is 15.8. The maximum Gasteiger partial charge on any atom is 0.233 e. The van der Waals surface area contributed by atoms with Gasteiger partial charge in [-0.25, -0.2) is 0 Å². The lowest BCUT2D eigenvalue weighted by molar-refractivity contribution is -0.130. The lowest BCUT2D eigenvalue weighted by Crippen LogP contribution is -2.40. The molecule has 0 radical (unpaired) electrons. The van der Waals surface area contributed by atoms with Crippen LogP contribution in [0.4, 0.5) is 0 Å². The second-order valence-corrected chi connectivity index (χ2v) is 10.4. The van der Waals surface area contributed by atoms with Crippen molar-refractivity contribution in [3.05, 3.63) is 86.0 Å². The molecule has 0 saturated carbocycles. The Bertz CT molecular complexity index is 1170.